The van der Waals surface area contributed by atoms with Crippen LogP contribution in [0.5, 0.6) is 0 Å². The first-order valence-electron chi connectivity index (χ1n) is 4.03. The maximum atomic E-state index is 5.65. The highest BCUT2D eigenvalue weighted by molar-refractivity contribution is 5.02. The monoisotopic (exact) mass is 153 g/mol. The maximum absolute atomic E-state index is 5.65. The van der Waals surface area contributed by atoms with E-state index in [9.17, 15) is 0 Å². The molecule has 1 heterocycles. The average Bonchev–Trinajstić information content (AvgIpc) is 2.37. The van der Waals surface area contributed by atoms with Crippen LogP contribution in [0.4, 0.5) is 0 Å². The van der Waals surface area contributed by atoms with Gasteiger partial charge in [-0.1, -0.05) is 6.92 Å². The van der Waals surface area contributed by atoms with Gasteiger partial charge < -0.3 is 5.73 Å². The van der Waals surface area contributed by atoms with Crippen LogP contribution >= 0.6 is 0 Å². The summed E-state index contributed by atoms with van der Waals surface area (Å²) in [5, 5.41) is 4.29. The lowest BCUT2D eigenvalue weighted by molar-refractivity contribution is 0.585. The van der Waals surface area contributed by atoms with Crippen molar-refractivity contribution in [2.75, 3.05) is 0 Å². The number of hydrogen-bond acceptors (Lipinski definition) is 2. The van der Waals surface area contributed by atoms with Crippen molar-refractivity contribution < 1.29 is 0 Å². The van der Waals surface area contributed by atoms with Crippen molar-refractivity contribution in [1.29, 1.82) is 0 Å². The molecule has 11 heavy (non-hydrogen) atoms. The second kappa shape index (κ2) is 3.53. The van der Waals surface area contributed by atoms with E-state index in [4.69, 9.17) is 5.73 Å². The Morgan fingerprint density at radius 2 is 2.45 bits per heavy atom. The number of aromatic nitrogens is 2. The Morgan fingerprint density at radius 1 is 1.73 bits per heavy atom. The molecule has 3 heteroatoms. The molecule has 0 spiro atoms. The Kier molecular flexibility index (Phi) is 2.65. The lowest BCUT2D eigenvalue weighted by Crippen LogP contribution is -2.07. The minimum absolute atomic E-state index is 0.0492. The molecule has 0 amide bonds. The van der Waals surface area contributed by atoms with E-state index in [0.29, 0.717) is 0 Å². The number of nitrogens with two attached hydrogens (primary N) is 1. The van der Waals surface area contributed by atoms with E-state index in [2.05, 4.69) is 12.0 Å². The molecule has 0 aromatic carbocycles. The topological polar surface area (TPSA) is 43.8 Å². The fourth-order valence-corrected chi connectivity index (χ4v) is 0.974. The van der Waals surface area contributed by atoms with Crippen LogP contribution in [0.15, 0.2) is 12.3 Å². The predicted molar refractivity (Wildman–Crippen MR) is 45.1 cm³/mol. The Labute approximate surface area is 67.2 Å². The third-order valence-electron chi connectivity index (χ3n) is 1.58. The molecular formula is C8H15N3. The molecule has 2 N–H and O–H groups in total. The quantitative estimate of drug-likeness (QED) is 0.711. The zero-order chi connectivity index (χ0) is 8.27. The van der Waals surface area contributed by atoms with Crippen molar-refractivity contribution in [2.24, 2.45) is 5.73 Å². The SMILES string of the molecule is CCCn1ccc(C(C)N)n1. The molecule has 1 atom stereocenters. The van der Waals surface area contributed by atoms with Crippen LogP contribution in [0.2, 0.25) is 0 Å². The van der Waals surface area contributed by atoms with Crippen molar-refractivity contribution in [1.82, 2.24) is 9.78 Å². The van der Waals surface area contributed by atoms with Crippen LogP contribution in [-0.2, 0) is 6.54 Å². The molecule has 0 saturated heterocycles. The lowest BCUT2D eigenvalue weighted by Gasteiger charge is -1.99. The smallest absolute Gasteiger partial charge is 0.0788 e. The molecular weight excluding hydrogens is 138 g/mol. The molecule has 1 rings (SSSR count). The second-order valence-corrected chi connectivity index (χ2v) is 2.79. The van der Waals surface area contributed by atoms with E-state index in [1.807, 2.05) is 23.9 Å². The summed E-state index contributed by atoms with van der Waals surface area (Å²) >= 11 is 0. The van der Waals surface area contributed by atoms with E-state index < -0.39 is 0 Å². The highest BCUT2D eigenvalue weighted by Crippen LogP contribution is 2.04. The van der Waals surface area contributed by atoms with Crippen LogP contribution < -0.4 is 5.73 Å². The van der Waals surface area contributed by atoms with Gasteiger partial charge in [-0.05, 0) is 19.4 Å². The van der Waals surface area contributed by atoms with Crippen LogP contribution in [0, 0.1) is 0 Å². The highest BCUT2D eigenvalue weighted by atomic mass is 15.3. The molecule has 0 bridgehead atoms. The molecule has 1 aromatic heterocycles. The first-order chi connectivity index (χ1) is 5.24. The van der Waals surface area contributed by atoms with E-state index in [1.165, 1.54) is 0 Å². The van der Waals surface area contributed by atoms with Gasteiger partial charge in [0.2, 0.25) is 0 Å². The molecule has 0 aliphatic carbocycles. The fourth-order valence-electron chi connectivity index (χ4n) is 0.974. The number of hydrogen-bond donors (Lipinski definition) is 1. The standard InChI is InChI=1S/C8H15N3/c1-3-5-11-6-4-8(10-11)7(2)9/h4,6-7H,3,5,9H2,1-2H3. The summed E-state index contributed by atoms with van der Waals surface area (Å²) in [7, 11) is 0. The molecule has 0 aliphatic heterocycles. The van der Waals surface area contributed by atoms with E-state index in [0.717, 1.165) is 18.7 Å². The normalized spacial score (nSPS) is 13.4. The molecule has 0 fully saturated rings. The van der Waals surface area contributed by atoms with Gasteiger partial charge in [0.15, 0.2) is 0 Å². The Hall–Kier alpha value is -0.830. The van der Waals surface area contributed by atoms with Gasteiger partial charge in [-0.15, -0.1) is 0 Å². The average molecular weight is 153 g/mol. The van der Waals surface area contributed by atoms with Gasteiger partial charge in [0.25, 0.3) is 0 Å². The molecule has 62 valence electrons. The van der Waals surface area contributed by atoms with Gasteiger partial charge in [-0.2, -0.15) is 5.10 Å². The summed E-state index contributed by atoms with van der Waals surface area (Å²) in [5.41, 5.74) is 6.62. The Morgan fingerprint density at radius 3 is 2.91 bits per heavy atom. The first kappa shape index (κ1) is 8.27. The van der Waals surface area contributed by atoms with E-state index in [-0.39, 0.29) is 6.04 Å². The van der Waals surface area contributed by atoms with Crippen molar-refractivity contribution in [3.05, 3.63) is 18.0 Å². The largest absolute Gasteiger partial charge is 0.323 e. The second-order valence-electron chi connectivity index (χ2n) is 2.79. The molecule has 0 radical (unpaired) electrons. The third-order valence-corrected chi connectivity index (χ3v) is 1.58. The zero-order valence-electron chi connectivity index (χ0n) is 7.12. The first-order valence-corrected chi connectivity index (χ1v) is 4.03. The van der Waals surface area contributed by atoms with Crippen molar-refractivity contribution >= 4 is 0 Å². The van der Waals surface area contributed by atoms with Crippen molar-refractivity contribution in [3.63, 3.8) is 0 Å². The predicted octanol–water partition coefficient (Wildman–Crippen LogP) is 1.31. The van der Waals surface area contributed by atoms with Gasteiger partial charge in [-0.25, -0.2) is 0 Å². The van der Waals surface area contributed by atoms with Gasteiger partial charge >= 0.3 is 0 Å². The summed E-state index contributed by atoms with van der Waals surface area (Å²) < 4.78 is 1.93. The molecule has 0 saturated carbocycles. The number of nitrogens with zero attached hydrogens (tertiary/aromatic N) is 2. The summed E-state index contributed by atoms with van der Waals surface area (Å²) in [6.45, 7) is 5.05. The summed E-state index contributed by atoms with van der Waals surface area (Å²) in [5.74, 6) is 0. The van der Waals surface area contributed by atoms with Crippen LogP contribution in [0.3, 0.4) is 0 Å². The van der Waals surface area contributed by atoms with Crippen LogP contribution in [0.1, 0.15) is 32.0 Å². The van der Waals surface area contributed by atoms with Crippen molar-refractivity contribution in [2.45, 2.75) is 32.9 Å². The maximum Gasteiger partial charge on any atom is 0.0788 e. The van der Waals surface area contributed by atoms with Crippen LogP contribution in [0.25, 0.3) is 0 Å². The number of rotatable bonds is 3. The third kappa shape index (κ3) is 2.05. The Bertz CT molecular complexity index is 215. The summed E-state index contributed by atoms with van der Waals surface area (Å²) in [4.78, 5) is 0. The lowest BCUT2D eigenvalue weighted by atomic mass is 10.3. The minimum atomic E-state index is 0.0492. The van der Waals surface area contributed by atoms with E-state index in [1.54, 1.807) is 0 Å². The molecule has 3 nitrogen and oxygen atoms in total. The zero-order valence-corrected chi connectivity index (χ0v) is 7.12. The molecule has 0 aliphatic rings. The Balaban J connectivity index is 2.66. The number of aryl methyl sites for hydroxylation is 1. The van der Waals surface area contributed by atoms with Crippen LogP contribution in [-0.4, -0.2) is 9.78 Å². The van der Waals surface area contributed by atoms with Crippen molar-refractivity contribution in [3.8, 4) is 0 Å². The van der Waals surface area contributed by atoms with Gasteiger partial charge in [-0.3, -0.25) is 4.68 Å². The van der Waals surface area contributed by atoms with Gasteiger partial charge in [0.1, 0.15) is 0 Å². The highest BCUT2D eigenvalue weighted by Gasteiger charge is 2.01. The van der Waals surface area contributed by atoms with Gasteiger partial charge in [0.05, 0.1) is 5.69 Å². The fraction of sp³-hybridized carbons (Fsp3) is 0.625. The minimum Gasteiger partial charge on any atom is -0.323 e. The summed E-state index contributed by atoms with van der Waals surface area (Å²) in [6.07, 6.45) is 3.09. The molecule has 1 unspecified atom stereocenters. The van der Waals surface area contributed by atoms with E-state index >= 15 is 0 Å². The molecule has 1 aromatic rings. The summed E-state index contributed by atoms with van der Waals surface area (Å²) in [6, 6.07) is 2.02. The van der Waals surface area contributed by atoms with Gasteiger partial charge in [0, 0.05) is 18.8 Å².